The van der Waals surface area contributed by atoms with Crippen LogP contribution in [0.5, 0.6) is 0 Å². The van der Waals surface area contributed by atoms with Gasteiger partial charge in [-0.3, -0.25) is 19.2 Å². The lowest BCUT2D eigenvalue weighted by Gasteiger charge is -2.23. The summed E-state index contributed by atoms with van der Waals surface area (Å²) in [6, 6.07) is 0. The highest BCUT2D eigenvalue weighted by molar-refractivity contribution is 6.06. The smallest absolute Gasteiger partial charge is 0.323 e. The summed E-state index contributed by atoms with van der Waals surface area (Å²) in [6.45, 7) is 6.59. The maximum absolute atomic E-state index is 11.5. The van der Waals surface area contributed by atoms with Crippen LogP contribution in [0.3, 0.4) is 0 Å². The van der Waals surface area contributed by atoms with Gasteiger partial charge in [0, 0.05) is 6.42 Å². The Morgan fingerprint density at radius 1 is 1.23 bits per heavy atom. The summed E-state index contributed by atoms with van der Waals surface area (Å²) in [5, 5.41) is 0. The molecule has 0 spiro atoms. The quantitative estimate of drug-likeness (QED) is 0.227. The Balaban J connectivity index is 0.000000481. The second-order valence-corrected chi connectivity index (χ2v) is 6.19. The first-order valence-corrected chi connectivity index (χ1v) is 8.48. The minimum absolute atomic E-state index is 0.151. The minimum Gasteiger partial charge on any atom is -0.468 e. The molecule has 0 heterocycles. The van der Waals surface area contributed by atoms with Gasteiger partial charge in [0.2, 0.25) is 0 Å². The Morgan fingerprint density at radius 2 is 1.85 bits per heavy atom. The Labute approximate surface area is 155 Å². The monoisotopic (exact) mass is 364 g/mol. The van der Waals surface area contributed by atoms with Gasteiger partial charge in [0.1, 0.15) is 17.1 Å². The Bertz CT molecular complexity index is 598. The second-order valence-electron chi connectivity index (χ2n) is 6.19. The number of esters is 2. The molecule has 1 rings (SSSR count). The van der Waals surface area contributed by atoms with Crippen molar-refractivity contribution in [3.63, 3.8) is 0 Å². The third-order valence-electron chi connectivity index (χ3n) is 4.56. The molecule has 6 heteroatoms. The Hall–Kier alpha value is -2.42. The zero-order valence-electron chi connectivity index (χ0n) is 16.1. The fourth-order valence-corrected chi connectivity index (χ4v) is 2.98. The maximum atomic E-state index is 11.5. The summed E-state index contributed by atoms with van der Waals surface area (Å²) in [6.07, 6.45) is 8.92. The van der Waals surface area contributed by atoms with Gasteiger partial charge in [0.25, 0.3) is 0 Å². The molecule has 0 aromatic carbocycles. The lowest BCUT2D eigenvalue weighted by Crippen LogP contribution is -2.37. The highest BCUT2D eigenvalue weighted by Crippen LogP contribution is 2.43. The number of ether oxygens (including phenoxy) is 2. The molecule has 0 N–H and O–H groups in total. The normalized spacial score (nSPS) is 19.4. The molecule has 0 saturated heterocycles. The fraction of sp³-hybridized carbons (Fsp3) is 0.600. The van der Waals surface area contributed by atoms with Crippen LogP contribution >= 0.6 is 0 Å². The van der Waals surface area contributed by atoms with Crippen molar-refractivity contribution in [2.45, 2.75) is 52.4 Å². The molecule has 0 amide bonds. The van der Waals surface area contributed by atoms with Gasteiger partial charge in [-0.05, 0) is 46.0 Å². The van der Waals surface area contributed by atoms with Crippen LogP contribution in [0.4, 0.5) is 0 Å². The Morgan fingerprint density at radius 3 is 2.19 bits per heavy atom. The van der Waals surface area contributed by atoms with Crippen LogP contribution in [0.25, 0.3) is 0 Å². The van der Waals surface area contributed by atoms with E-state index in [1.165, 1.54) is 28.1 Å². The van der Waals surface area contributed by atoms with E-state index in [4.69, 9.17) is 6.42 Å². The fourth-order valence-electron chi connectivity index (χ4n) is 2.98. The van der Waals surface area contributed by atoms with E-state index in [1.807, 2.05) is 0 Å². The van der Waals surface area contributed by atoms with E-state index in [2.05, 4.69) is 22.0 Å². The largest absolute Gasteiger partial charge is 0.468 e. The zero-order chi connectivity index (χ0) is 20.3. The molecule has 6 nitrogen and oxygen atoms in total. The van der Waals surface area contributed by atoms with E-state index in [0.29, 0.717) is 31.3 Å². The number of ketones is 2. The van der Waals surface area contributed by atoms with Gasteiger partial charge in [0.05, 0.1) is 14.2 Å². The summed E-state index contributed by atoms with van der Waals surface area (Å²) in [4.78, 5) is 44.9. The van der Waals surface area contributed by atoms with Crippen molar-refractivity contribution in [2.24, 2.45) is 11.3 Å². The van der Waals surface area contributed by atoms with Gasteiger partial charge < -0.3 is 9.47 Å². The van der Waals surface area contributed by atoms with Crippen molar-refractivity contribution < 1.29 is 28.7 Å². The molecule has 144 valence electrons. The van der Waals surface area contributed by atoms with Gasteiger partial charge >= 0.3 is 11.9 Å². The number of terminal acetylenes is 1. The first-order chi connectivity index (χ1) is 12.2. The van der Waals surface area contributed by atoms with Gasteiger partial charge in [-0.25, -0.2) is 0 Å². The number of carbonyl (C=O) groups excluding carboxylic acids is 4. The van der Waals surface area contributed by atoms with Gasteiger partial charge in [-0.1, -0.05) is 12.2 Å². The minimum atomic E-state index is -1.03. The molecule has 26 heavy (non-hydrogen) atoms. The molecular formula is C20H28O6. The molecule has 1 fully saturated rings. The van der Waals surface area contributed by atoms with E-state index in [0.717, 1.165) is 12.8 Å². The second kappa shape index (κ2) is 11.2. The van der Waals surface area contributed by atoms with Crippen molar-refractivity contribution in [3.8, 4) is 12.3 Å². The van der Waals surface area contributed by atoms with Crippen LogP contribution < -0.4 is 0 Å². The highest BCUT2D eigenvalue weighted by atomic mass is 16.5. The summed E-state index contributed by atoms with van der Waals surface area (Å²) < 4.78 is 9.14. The maximum Gasteiger partial charge on any atom is 0.323 e. The van der Waals surface area contributed by atoms with Crippen molar-refractivity contribution in [1.29, 1.82) is 0 Å². The molecule has 2 unspecified atom stereocenters. The molecular weight excluding hydrogens is 336 g/mol. The van der Waals surface area contributed by atoms with Crippen LogP contribution in [0.2, 0.25) is 0 Å². The molecule has 1 aliphatic rings. The average molecular weight is 364 g/mol. The summed E-state index contributed by atoms with van der Waals surface area (Å²) >= 11 is 0. The van der Waals surface area contributed by atoms with E-state index >= 15 is 0 Å². The van der Waals surface area contributed by atoms with Crippen molar-refractivity contribution >= 4 is 23.5 Å². The molecule has 2 atom stereocenters. The first-order valence-electron chi connectivity index (χ1n) is 8.48. The van der Waals surface area contributed by atoms with Crippen molar-refractivity contribution in [3.05, 3.63) is 12.2 Å². The van der Waals surface area contributed by atoms with E-state index in [9.17, 15) is 19.2 Å². The highest BCUT2D eigenvalue weighted by Gasteiger charge is 2.49. The molecule has 0 aromatic rings. The van der Waals surface area contributed by atoms with Gasteiger partial charge in [-0.2, -0.15) is 0 Å². The molecule has 0 radical (unpaired) electrons. The molecule has 0 bridgehead atoms. The number of rotatable bonds is 7. The molecule has 1 saturated carbocycles. The number of unbranched alkanes of at least 4 members (excludes halogenated alkanes) is 1. The summed E-state index contributed by atoms with van der Waals surface area (Å²) in [5.74, 6) is 0.577. The number of hydrogen-bond donors (Lipinski definition) is 0. The lowest BCUT2D eigenvalue weighted by molar-refractivity contribution is -0.154. The predicted octanol–water partition coefficient (Wildman–Crippen LogP) is 2.64. The first kappa shape index (κ1) is 23.6. The van der Waals surface area contributed by atoms with Crippen molar-refractivity contribution in [2.75, 3.05) is 14.2 Å². The summed E-state index contributed by atoms with van der Waals surface area (Å²) in [5.41, 5.74) is -0.332. The van der Waals surface area contributed by atoms with Gasteiger partial charge in [-0.15, -0.1) is 12.3 Å². The van der Waals surface area contributed by atoms with Crippen LogP contribution in [0.15, 0.2) is 12.2 Å². The van der Waals surface area contributed by atoms with E-state index < -0.39 is 23.3 Å². The van der Waals surface area contributed by atoms with E-state index in [1.54, 1.807) is 0 Å². The SMILES string of the molecule is C#CCCCC(C(C)=O)C(=O)OC.C=C1CCCC1(C(C)=O)C(=O)OC. The molecule has 0 aliphatic heterocycles. The average Bonchev–Trinajstić information content (AvgIpc) is 3.00. The van der Waals surface area contributed by atoms with Crippen LogP contribution in [0, 0.1) is 23.7 Å². The molecule has 1 aliphatic carbocycles. The third kappa shape index (κ3) is 5.83. The predicted molar refractivity (Wildman–Crippen MR) is 97.0 cm³/mol. The zero-order valence-corrected chi connectivity index (χ0v) is 16.1. The Kier molecular flexibility index (Phi) is 10.2. The summed E-state index contributed by atoms with van der Waals surface area (Å²) in [7, 11) is 2.58. The number of Topliss-reactive ketones (excluding diaryl/α,β-unsaturated/α-hetero) is 2. The number of methoxy groups -OCH3 is 2. The van der Waals surface area contributed by atoms with Crippen LogP contribution in [-0.2, 0) is 28.7 Å². The van der Waals surface area contributed by atoms with Crippen LogP contribution in [-0.4, -0.2) is 37.7 Å². The standard InChI is InChI=1S/2C10H14O3/c1-7-5-4-6-10(7,8(2)11)9(12)13-3;1-4-5-6-7-9(8(2)11)10(12)13-3/h1,4-6H2,2-3H3;1,9H,5-7H2,2-3H3. The van der Waals surface area contributed by atoms with E-state index in [-0.39, 0.29) is 11.6 Å². The van der Waals surface area contributed by atoms with Crippen molar-refractivity contribution in [1.82, 2.24) is 0 Å². The number of carbonyl (C=O) groups is 4. The topological polar surface area (TPSA) is 86.7 Å². The lowest BCUT2D eigenvalue weighted by atomic mass is 9.79. The molecule has 0 aromatic heterocycles. The van der Waals surface area contributed by atoms with Gasteiger partial charge in [0.15, 0.2) is 5.78 Å². The third-order valence-corrected chi connectivity index (χ3v) is 4.56. The van der Waals surface area contributed by atoms with Crippen LogP contribution in [0.1, 0.15) is 52.4 Å². The number of hydrogen-bond acceptors (Lipinski definition) is 6.